The SMILES string of the molecule is CC(C)Oc1ccc(S(=O)(=O)CCC(=O)NCC2(CO)CCCCC2)cc1. The second-order valence-corrected chi connectivity index (χ2v) is 9.81. The van der Waals surface area contributed by atoms with Gasteiger partial charge in [0.2, 0.25) is 5.91 Å². The Hall–Kier alpha value is -1.60. The number of carbonyl (C=O) groups is 1. The van der Waals surface area contributed by atoms with Gasteiger partial charge in [-0.3, -0.25) is 4.79 Å². The molecule has 27 heavy (non-hydrogen) atoms. The van der Waals surface area contributed by atoms with Crippen molar-refractivity contribution in [1.29, 1.82) is 0 Å². The molecule has 0 aliphatic heterocycles. The highest BCUT2D eigenvalue weighted by molar-refractivity contribution is 7.91. The van der Waals surface area contributed by atoms with Crippen LogP contribution >= 0.6 is 0 Å². The van der Waals surface area contributed by atoms with Gasteiger partial charge in [-0.2, -0.15) is 0 Å². The van der Waals surface area contributed by atoms with E-state index in [-0.39, 0.29) is 41.1 Å². The van der Waals surface area contributed by atoms with Crippen molar-refractivity contribution in [3.8, 4) is 5.75 Å². The van der Waals surface area contributed by atoms with E-state index in [9.17, 15) is 18.3 Å². The number of ether oxygens (including phenoxy) is 1. The number of aliphatic hydroxyl groups excluding tert-OH is 1. The molecule has 1 saturated carbocycles. The topological polar surface area (TPSA) is 92.7 Å². The summed E-state index contributed by atoms with van der Waals surface area (Å²) in [6.45, 7) is 4.26. The minimum atomic E-state index is -3.53. The largest absolute Gasteiger partial charge is 0.491 e. The maximum Gasteiger partial charge on any atom is 0.221 e. The normalized spacial score (nSPS) is 16.9. The van der Waals surface area contributed by atoms with Crippen LogP contribution < -0.4 is 10.1 Å². The maximum absolute atomic E-state index is 12.4. The lowest BCUT2D eigenvalue weighted by molar-refractivity contribution is -0.121. The van der Waals surface area contributed by atoms with Crippen LogP contribution in [0.2, 0.25) is 0 Å². The highest BCUT2D eigenvalue weighted by atomic mass is 32.2. The van der Waals surface area contributed by atoms with E-state index in [1.807, 2.05) is 13.8 Å². The van der Waals surface area contributed by atoms with Crippen LogP contribution in [-0.4, -0.2) is 44.4 Å². The number of benzene rings is 1. The van der Waals surface area contributed by atoms with Crippen LogP contribution in [0.25, 0.3) is 0 Å². The predicted octanol–water partition coefficient (Wildman–Crippen LogP) is 2.70. The average molecular weight is 398 g/mol. The summed E-state index contributed by atoms with van der Waals surface area (Å²) in [5, 5.41) is 12.5. The van der Waals surface area contributed by atoms with E-state index >= 15 is 0 Å². The van der Waals surface area contributed by atoms with Crippen LogP contribution in [0.1, 0.15) is 52.4 Å². The molecule has 2 rings (SSSR count). The van der Waals surface area contributed by atoms with Crippen LogP contribution in [0, 0.1) is 5.41 Å². The van der Waals surface area contributed by atoms with Crippen LogP contribution in [0.4, 0.5) is 0 Å². The molecule has 7 heteroatoms. The van der Waals surface area contributed by atoms with Crippen LogP contribution in [0.3, 0.4) is 0 Å². The summed E-state index contributed by atoms with van der Waals surface area (Å²) in [5.74, 6) is 0.0789. The molecular formula is C20H31NO5S. The number of rotatable bonds is 9. The molecule has 0 unspecified atom stereocenters. The van der Waals surface area contributed by atoms with Crippen LogP contribution in [0.5, 0.6) is 5.75 Å². The molecule has 1 aromatic rings. The Kier molecular flexibility index (Phi) is 7.68. The molecule has 152 valence electrons. The zero-order valence-electron chi connectivity index (χ0n) is 16.2. The molecule has 0 bridgehead atoms. The quantitative estimate of drug-likeness (QED) is 0.668. The molecule has 2 N–H and O–H groups in total. The van der Waals surface area contributed by atoms with Crippen molar-refractivity contribution in [3.05, 3.63) is 24.3 Å². The molecular weight excluding hydrogens is 366 g/mol. The van der Waals surface area contributed by atoms with Gasteiger partial charge in [0.1, 0.15) is 5.75 Å². The lowest BCUT2D eigenvalue weighted by atomic mass is 9.74. The van der Waals surface area contributed by atoms with E-state index in [1.165, 1.54) is 12.1 Å². The Morgan fingerprint density at radius 3 is 2.37 bits per heavy atom. The summed E-state index contributed by atoms with van der Waals surface area (Å²) < 4.78 is 30.4. The van der Waals surface area contributed by atoms with Gasteiger partial charge in [-0.1, -0.05) is 19.3 Å². The summed E-state index contributed by atoms with van der Waals surface area (Å²) in [7, 11) is -3.53. The summed E-state index contributed by atoms with van der Waals surface area (Å²) in [6, 6.07) is 6.27. The number of sulfone groups is 1. The second kappa shape index (κ2) is 9.55. The van der Waals surface area contributed by atoms with Gasteiger partial charge in [0.15, 0.2) is 9.84 Å². The van der Waals surface area contributed by atoms with Gasteiger partial charge in [0.25, 0.3) is 0 Å². The van der Waals surface area contributed by atoms with Gasteiger partial charge in [-0.15, -0.1) is 0 Å². The molecule has 1 amide bonds. The molecule has 1 aliphatic carbocycles. The zero-order valence-corrected chi connectivity index (χ0v) is 17.1. The van der Waals surface area contributed by atoms with E-state index in [4.69, 9.17) is 4.74 Å². The smallest absolute Gasteiger partial charge is 0.221 e. The van der Waals surface area contributed by atoms with Crippen molar-refractivity contribution < 1.29 is 23.1 Å². The molecule has 0 aromatic heterocycles. The fraction of sp³-hybridized carbons (Fsp3) is 0.650. The fourth-order valence-electron chi connectivity index (χ4n) is 3.41. The number of carbonyl (C=O) groups excluding carboxylic acids is 1. The third-order valence-electron chi connectivity index (χ3n) is 5.06. The van der Waals surface area contributed by atoms with Gasteiger partial charge < -0.3 is 15.2 Å². The molecule has 1 aliphatic rings. The summed E-state index contributed by atoms with van der Waals surface area (Å²) in [6.07, 6.45) is 4.99. The summed E-state index contributed by atoms with van der Waals surface area (Å²) in [4.78, 5) is 12.3. The molecule has 0 heterocycles. The third-order valence-corrected chi connectivity index (χ3v) is 6.79. The van der Waals surface area contributed by atoms with Gasteiger partial charge in [0, 0.05) is 18.4 Å². The van der Waals surface area contributed by atoms with E-state index < -0.39 is 9.84 Å². The fourth-order valence-corrected chi connectivity index (χ4v) is 4.65. The predicted molar refractivity (Wildman–Crippen MR) is 104 cm³/mol. The van der Waals surface area contributed by atoms with E-state index in [1.54, 1.807) is 12.1 Å². The first kappa shape index (κ1) is 21.7. The van der Waals surface area contributed by atoms with Crippen molar-refractivity contribution in [2.75, 3.05) is 18.9 Å². The Labute approximate surface area is 162 Å². The minimum Gasteiger partial charge on any atom is -0.491 e. The van der Waals surface area contributed by atoms with Crippen molar-refractivity contribution >= 4 is 15.7 Å². The summed E-state index contributed by atoms with van der Waals surface area (Å²) in [5.41, 5.74) is -0.251. The standard InChI is InChI=1S/C20H31NO5S/c1-16(2)26-17-6-8-18(9-7-17)27(24,25)13-10-19(23)21-14-20(15-22)11-4-3-5-12-20/h6-9,16,22H,3-5,10-15H2,1-2H3,(H,21,23). The number of aliphatic hydroxyl groups is 1. The molecule has 1 aromatic carbocycles. The lowest BCUT2D eigenvalue weighted by Crippen LogP contribution is -2.41. The molecule has 0 spiro atoms. The maximum atomic E-state index is 12.4. The van der Waals surface area contributed by atoms with Crippen LogP contribution in [-0.2, 0) is 14.6 Å². The Morgan fingerprint density at radius 2 is 1.81 bits per heavy atom. The zero-order chi connectivity index (χ0) is 19.9. The number of hydrogen-bond donors (Lipinski definition) is 2. The van der Waals surface area contributed by atoms with Crippen molar-refractivity contribution in [2.45, 2.75) is 63.4 Å². The molecule has 0 radical (unpaired) electrons. The van der Waals surface area contributed by atoms with Gasteiger partial charge in [-0.25, -0.2) is 8.42 Å². The van der Waals surface area contributed by atoms with Gasteiger partial charge >= 0.3 is 0 Å². The third kappa shape index (κ3) is 6.50. The van der Waals surface area contributed by atoms with Crippen molar-refractivity contribution in [3.63, 3.8) is 0 Å². The minimum absolute atomic E-state index is 0.0162. The van der Waals surface area contributed by atoms with Crippen LogP contribution in [0.15, 0.2) is 29.2 Å². The summed E-state index contributed by atoms with van der Waals surface area (Å²) >= 11 is 0. The first-order chi connectivity index (χ1) is 12.8. The highest BCUT2D eigenvalue weighted by Gasteiger charge is 2.31. The monoisotopic (exact) mass is 397 g/mol. The van der Waals surface area contributed by atoms with Gasteiger partial charge in [0.05, 0.1) is 23.4 Å². The van der Waals surface area contributed by atoms with Crippen molar-refractivity contribution in [2.24, 2.45) is 5.41 Å². The first-order valence-corrected chi connectivity index (χ1v) is 11.3. The number of amides is 1. The Morgan fingerprint density at radius 1 is 1.19 bits per heavy atom. The lowest BCUT2D eigenvalue weighted by Gasteiger charge is -2.35. The molecule has 1 fully saturated rings. The second-order valence-electron chi connectivity index (χ2n) is 7.70. The van der Waals surface area contributed by atoms with E-state index in [0.29, 0.717) is 12.3 Å². The van der Waals surface area contributed by atoms with Crippen molar-refractivity contribution in [1.82, 2.24) is 5.32 Å². The van der Waals surface area contributed by atoms with Gasteiger partial charge in [-0.05, 0) is 51.0 Å². The average Bonchev–Trinajstić information content (AvgIpc) is 2.65. The first-order valence-electron chi connectivity index (χ1n) is 9.63. The van der Waals surface area contributed by atoms with E-state index in [0.717, 1.165) is 32.1 Å². The number of hydrogen-bond acceptors (Lipinski definition) is 5. The highest BCUT2D eigenvalue weighted by Crippen LogP contribution is 2.35. The Bertz CT molecular complexity index is 706. The molecule has 6 nitrogen and oxygen atoms in total. The van der Waals surface area contributed by atoms with E-state index in [2.05, 4.69) is 5.32 Å². The molecule has 0 atom stereocenters. The molecule has 0 saturated heterocycles. The Balaban J connectivity index is 1.85. The number of nitrogens with one attached hydrogen (secondary N) is 1.